The van der Waals surface area contributed by atoms with Crippen LogP contribution in [0.25, 0.3) is 0 Å². The fourth-order valence-electron chi connectivity index (χ4n) is 4.65. The van der Waals surface area contributed by atoms with Gasteiger partial charge >= 0.3 is 12.1 Å². The molecule has 2 N–H and O–H groups in total. The molecule has 4 rings (SSSR count). The third-order valence-electron chi connectivity index (χ3n) is 6.54. The number of thiophene rings is 1. The van der Waals surface area contributed by atoms with Crippen LogP contribution in [-0.4, -0.2) is 56.1 Å². The second kappa shape index (κ2) is 13.6. The predicted molar refractivity (Wildman–Crippen MR) is 164 cm³/mol. The lowest BCUT2D eigenvalue weighted by atomic mass is 10.0. The topological polar surface area (TPSA) is 131 Å². The summed E-state index contributed by atoms with van der Waals surface area (Å²) in [5.41, 5.74) is 1.33. The second-order valence-electron chi connectivity index (χ2n) is 11.2. The monoisotopic (exact) mass is 627 g/mol. The molecule has 1 aromatic heterocycles. The molecule has 0 radical (unpaired) electrons. The zero-order chi connectivity index (χ0) is 31.2. The average Bonchev–Trinajstić information content (AvgIpc) is 3.34. The summed E-state index contributed by atoms with van der Waals surface area (Å²) in [6, 6.07) is 15.8. The van der Waals surface area contributed by atoms with Gasteiger partial charge in [-0.2, -0.15) is 0 Å². The van der Waals surface area contributed by atoms with Crippen LogP contribution in [0.15, 0.2) is 65.6 Å². The first-order chi connectivity index (χ1) is 20.3. The van der Waals surface area contributed by atoms with Gasteiger partial charge in [-0.25, -0.2) is 13.2 Å². The standard InChI is InChI=1S/C31H37N3O7S2/c1-5-40-28(35)19-24-18-22-20-34(16-15-27(22)42-24)29(36)26(32-30(37)41-31(2,3)4)17-21-11-13-23(14-12-21)33-43(38,39)25-9-7-6-8-10-25/h6-14,18,26,33H,5,15-17,19-20H2,1-4H3,(H,32,37)/t26-/m0/s1. The molecule has 3 aromatic rings. The molecule has 0 spiro atoms. The maximum atomic E-state index is 13.8. The van der Waals surface area contributed by atoms with Gasteiger partial charge in [-0.15, -0.1) is 11.3 Å². The fourth-order valence-corrected chi connectivity index (χ4v) is 6.89. The number of nitrogens with zero attached hydrogens (tertiary/aromatic N) is 1. The molecule has 0 saturated heterocycles. The van der Waals surface area contributed by atoms with Crippen LogP contribution in [0.3, 0.4) is 0 Å². The van der Waals surface area contributed by atoms with Gasteiger partial charge in [0.1, 0.15) is 11.6 Å². The number of fused-ring (bicyclic) bond motifs is 1. The summed E-state index contributed by atoms with van der Waals surface area (Å²) in [7, 11) is -3.75. The summed E-state index contributed by atoms with van der Waals surface area (Å²) >= 11 is 1.56. The number of sulfonamides is 1. The Kier molecular flexibility index (Phi) is 10.1. The first kappa shape index (κ1) is 32.0. The van der Waals surface area contributed by atoms with E-state index in [4.69, 9.17) is 9.47 Å². The first-order valence-electron chi connectivity index (χ1n) is 14.0. The van der Waals surface area contributed by atoms with Crippen molar-refractivity contribution in [2.24, 2.45) is 0 Å². The number of hydrogen-bond acceptors (Lipinski definition) is 8. The highest BCUT2D eigenvalue weighted by atomic mass is 32.2. The van der Waals surface area contributed by atoms with Crippen molar-refractivity contribution in [2.45, 2.75) is 70.0 Å². The number of rotatable bonds is 10. The SMILES string of the molecule is CCOC(=O)Cc1cc2c(s1)CCN(C(=O)[C@H](Cc1ccc(NS(=O)(=O)c3ccccc3)cc1)NC(=O)OC(C)(C)C)C2. The summed E-state index contributed by atoms with van der Waals surface area (Å²) in [5, 5.41) is 2.74. The van der Waals surface area contributed by atoms with Gasteiger partial charge in [0.15, 0.2) is 0 Å². The van der Waals surface area contributed by atoms with Crippen LogP contribution in [0.1, 0.15) is 48.6 Å². The molecule has 0 saturated carbocycles. The molecular weight excluding hydrogens is 590 g/mol. The van der Waals surface area contributed by atoms with E-state index in [1.807, 2.05) is 6.07 Å². The Bertz CT molecular complexity index is 1550. The molecule has 1 atom stereocenters. The number of nitrogens with one attached hydrogen (secondary N) is 2. The van der Waals surface area contributed by atoms with Crippen LogP contribution in [0.5, 0.6) is 0 Å². The number of esters is 1. The van der Waals surface area contributed by atoms with Gasteiger partial charge < -0.3 is 19.7 Å². The fraction of sp³-hybridized carbons (Fsp3) is 0.387. The Hall–Kier alpha value is -3.90. The van der Waals surface area contributed by atoms with E-state index in [2.05, 4.69) is 10.0 Å². The maximum Gasteiger partial charge on any atom is 0.408 e. The molecule has 10 nitrogen and oxygen atoms in total. The van der Waals surface area contributed by atoms with Gasteiger partial charge in [0.2, 0.25) is 5.91 Å². The lowest BCUT2D eigenvalue weighted by Gasteiger charge is -2.31. The summed E-state index contributed by atoms with van der Waals surface area (Å²) < 4.78 is 38.4. The van der Waals surface area contributed by atoms with Gasteiger partial charge in [0.05, 0.1) is 17.9 Å². The van der Waals surface area contributed by atoms with E-state index in [9.17, 15) is 22.8 Å². The van der Waals surface area contributed by atoms with Gasteiger partial charge in [0, 0.05) is 35.0 Å². The summed E-state index contributed by atoms with van der Waals surface area (Å²) in [6.07, 6.45) is 0.303. The molecule has 43 heavy (non-hydrogen) atoms. The lowest BCUT2D eigenvalue weighted by Crippen LogP contribution is -2.51. The Labute approximate surface area is 256 Å². The largest absolute Gasteiger partial charge is 0.466 e. The maximum absolute atomic E-state index is 13.8. The van der Waals surface area contributed by atoms with Crippen molar-refractivity contribution in [3.63, 3.8) is 0 Å². The Morgan fingerprint density at radius 3 is 2.40 bits per heavy atom. The average molecular weight is 628 g/mol. The van der Waals surface area contributed by atoms with Crippen LogP contribution in [0.2, 0.25) is 0 Å². The van der Waals surface area contributed by atoms with Crippen molar-refractivity contribution in [1.82, 2.24) is 10.2 Å². The van der Waals surface area contributed by atoms with E-state index in [-0.39, 0.29) is 29.6 Å². The van der Waals surface area contributed by atoms with Gasteiger partial charge in [-0.1, -0.05) is 30.3 Å². The van der Waals surface area contributed by atoms with Crippen LogP contribution in [0, 0.1) is 0 Å². The number of benzene rings is 2. The van der Waals surface area contributed by atoms with Gasteiger partial charge in [0.25, 0.3) is 10.0 Å². The van der Waals surface area contributed by atoms with Crippen LogP contribution in [-0.2, 0) is 54.9 Å². The van der Waals surface area contributed by atoms with Crippen molar-refractivity contribution >= 4 is 45.0 Å². The van der Waals surface area contributed by atoms with E-state index in [1.54, 1.807) is 86.4 Å². The minimum Gasteiger partial charge on any atom is -0.466 e. The van der Waals surface area contributed by atoms with E-state index in [0.717, 1.165) is 20.9 Å². The number of ether oxygens (including phenoxy) is 2. The Morgan fingerprint density at radius 1 is 1.05 bits per heavy atom. The molecule has 230 valence electrons. The molecule has 0 fully saturated rings. The van der Waals surface area contributed by atoms with E-state index < -0.39 is 27.8 Å². The minimum absolute atomic E-state index is 0.148. The quantitative estimate of drug-likeness (QED) is 0.312. The van der Waals surface area contributed by atoms with Crippen molar-refractivity contribution in [1.29, 1.82) is 0 Å². The third-order valence-corrected chi connectivity index (χ3v) is 9.18. The number of carbonyl (C=O) groups excluding carboxylic acids is 3. The zero-order valence-electron chi connectivity index (χ0n) is 24.7. The molecule has 2 amide bonds. The first-order valence-corrected chi connectivity index (χ1v) is 16.3. The number of anilines is 1. The molecule has 1 aliphatic heterocycles. The highest BCUT2D eigenvalue weighted by Gasteiger charge is 2.31. The highest BCUT2D eigenvalue weighted by Crippen LogP contribution is 2.29. The molecule has 1 aliphatic rings. The normalized spacial score (nSPS) is 13.9. The molecule has 0 bridgehead atoms. The molecular formula is C31H37N3O7S2. The number of amides is 2. The van der Waals surface area contributed by atoms with Crippen LogP contribution in [0.4, 0.5) is 10.5 Å². The zero-order valence-corrected chi connectivity index (χ0v) is 26.3. The lowest BCUT2D eigenvalue weighted by molar-refractivity contribution is -0.142. The molecule has 0 unspecified atom stereocenters. The smallest absolute Gasteiger partial charge is 0.408 e. The Balaban J connectivity index is 1.48. The predicted octanol–water partition coefficient (Wildman–Crippen LogP) is 4.68. The van der Waals surface area contributed by atoms with E-state index >= 15 is 0 Å². The van der Waals surface area contributed by atoms with Crippen molar-refractivity contribution < 1.29 is 32.3 Å². The molecule has 0 aliphatic carbocycles. The molecule has 2 heterocycles. The molecule has 2 aromatic carbocycles. The van der Waals surface area contributed by atoms with Crippen LogP contribution >= 0.6 is 11.3 Å². The van der Waals surface area contributed by atoms with Crippen molar-refractivity contribution in [2.75, 3.05) is 17.9 Å². The van der Waals surface area contributed by atoms with Gasteiger partial charge in [-0.3, -0.25) is 14.3 Å². The number of carbonyl (C=O) groups is 3. The summed E-state index contributed by atoms with van der Waals surface area (Å²) in [6.45, 7) is 8.16. The second-order valence-corrected chi connectivity index (χ2v) is 14.1. The summed E-state index contributed by atoms with van der Waals surface area (Å²) in [4.78, 5) is 42.3. The van der Waals surface area contributed by atoms with Crippen molar-refractivity contribution in [3.05, 3.63) is 81.5 Å². The van der Waals surface area contributed by atoms with E-state index in [1.165, 1.54) is 12.1 Å². The van der Waals surface area contributed by atoms with Crippen molar-refractivity contribution in [3.8, 4) is 0 Å². The Morgan fingerprint density at radius 2 is 1.74 bits per heavy atom. The number of alkyl carbamates (subject to hydrolysis) is 1. The highest BCUT2D eigenvalue weighted by molar-refractivity contribution is 7.92. The molecule has 12 heteroatoms. The number of hydrogen-bond donors (Lipinski definition) is 2. The van der Waals surface area contributed by atoms with Gasteiger partial charge in [-0.05, 0) is 75.6 Å². The van der Waals surface area contributed by atoms with Crippen LogP contribution < -0.4 is 10.0 Å². The van der Waals surface area contributed by atoms with E-state index in [0.29, 0.717) is 31.8 Å². The minimum atomic E-state index is -3.75. The third kappa shape index (κ3) is 9.04. The summed E-state index contributed by atoms with van der Waals surface area (Å²) in [5.74, 6) is -0.543.